The fourth-order valence-electron chi connectivity index (χ4n) is 2.25. The minimum absolute atomic E-state index is 0.233. The Labute approximate surface area is 107 Å². The van der Waals surface area contributed by atoms with E-state index in [1.54, 1.807) is 12.1 Å². The van der Waals surface area contributed by atoms with Gasteiger partial charge in [-0.1, -0.05) is 0 Å². The molecule has 0 bridgehead atoms. The van der Waals surface area contributed by atoms with Crippen molar-refractivity contribution in [1.82, 2.24) is 4.90 Å². The predicted molar refractivity (Wildman–Crippen MR) is 72.0 cm³/mol. The van der Waals surface area contributed by atoms with Crippen molar-refractivity contribution in [2.75, 3.05) is 37.2 Å². The monoisotopic (exact) mass is 249 g/mol. The number of carboxylic acids is 1. The molecule has 1 aromatic rings. The normalized spacial score (nSPS) is 15.8. The first kappa shape index (κ1) is 12.7. The Morgan fingerprint density at radius 1 is 1.39 bits per heavy atom. The molecule has 2 rings (SSSR count). The van der Waals surface area contributed by atoms with Crippen LogP contribution in [0.15, 0.2) is 18.2 Å². The standard InChI is InChI=1S/C13H19N3O2/c14-10-3-4-12(11(9-10)13(17)18)15-5-8-16-6-1-2-7-16/h3-4,9,15H,1-2,5-8,14H2,(H,17,18). The number of hydrogen-bond donors (Lipinski definition) is 3. The molecule has 5 nitrogen and oxygen atoms in total. The van der Waals surface area contributed by atoms with Crippen LogP contribution < -0.4 is 11.1 Å². The summed E-state index contributed by atoms with van der Waals surface area (Å²) in [5, 5.41) is 12.3. The van der Waals surface area contributed by atoms with Gasteiger partial charge < -0.3 is 21.1 Å². The van der Waals surface area contributed by atoms with Gasteiger partial charge in [0, 0.05) is 24.5 Å². The highest BCUT2D eigenvalue weighted by Gasteiger charge is 2.12. The van der Waals surface area contributed by atoms with Gasteiger partial charge in [-0.05, 0) is 44.1 Å². The van der Waals surface area contributed by atoms with E-state index in [1.165, 1.54) is 18.9 Å². The second-order valence-electron chi connectivity index (χ2n) is 4.59. The predicted octanol–water partition coefficient (Wildman–Crippen LogP) is 1.47. The van der Waals surface area contributed by atoms with Crippen LogP contribution in [0.3, 0.4) is 0 Å². The third kappa shape index (κ3) is 3.13. The molecule has 1 aliphatic heterocycles. The van der Waals surface area contributed by atoms with E-state index in [1.807, 2.05) is 0 Å². The van der Waals surface area contributed by atoms with Gasteiger partial charge in [0.05, 0.1) is 5.56 Å². The Hall–Kier alpha value is -1.75. The number of hydrogen-bond acceptors (Lipinski definition) is 4. The van der Waals surface area contributed by atoms with Crippen molar-refractivity contribution < 1.29 is 9.90 Å². The van der Waals surface area contributed by atoms with E-state index in [-0.39, 0.29) is 5.56 Å². The summed E-state index contributed by atoms with van der Waals surface area (Å²) in [5.41, 5.74) is 6.93. The molecule has 18 heavy (non-hydrogen) atoms. The van der Waals surface area contributed by atoms with E-state index in [0.717, 1.165) is 26.2 Å². The highest BCUT2D eigenvalue weighted by molar-refractivity contribution is 5.95. The second kappa shape index (κ2) is 5.73. The van der Waals surface area contributed by atoms with E-state index >= 15 is 0 Å². The number of aromatic carboxylic acids is 1. The Morgan fingerprint density at radius 3 is 2.78 bits per heavy atom. The molecule has 5 heteroatoms. The number of carbonyl (C=O) groups is 1. The van der Waals surface area contributed by atoms with Crippen molar-refractivity contribution in [2.45, 2.75) is 12.8 Å². The van der Waals surface area contributed by atoms with Crippen molar-refractivity contribution in [3.8, 4) is 0 Å². The molecule has 0 amide bonds. The van der Waals surface area contributed by atoms with Crippen LogP contribution in [-0.2, 0) is 0 Å². The molecular formula is C13H19N3O2. The average Bonchev–Trinajstić information content (AvgIpc) is 2.84. The molecule has 1 fully saturated rings. The molecule has 0 radical (unpaired) electrons. The number of nitrogens with one attached hydrogen (secondary N) is 1. The molecule has 1 saturated heterocycles. The largest absolute Gasteiger partial charge is 0.478 e. The van der Waals surface area contributed by atoms with Crippen LogP contribution in [-0.4, -0.2) is 42.2 Å². The van der Waals surface area contributed by atoms with Gasteiger partial charge in [0.1, 0.15) is 0 Å². The van der Waals surface area contributed by atoms with Gasteiger partial charge in [0.2, 0.25) is 0 Å². The van der Waals surface area contributed by atoms with Crippen molar-refractivity contribution in [2.24, 2.45) is 0 Å². The van der Waals surface area contributed by atoms with Gasteiger partial charge in [-0.15, -0.1) is 0 Å². The maximum atomic E-state index is 11.1. The zero-order valence-electron chi connectivity index (χ0n) is 10.4. The van der Waals surface area contributed by atoms with Gasteiger partial charge in [-0.3, -0.25) is 0 Å². The first-order valence-electron chi connectivity index (χ1n) is 6.26. The SMILES string of the molecule is Nc1ccc(NCCN2CCCC2)c(C(=O)O)c1. The highest BCUT2D eigenvalue weighted by atomic mass is 16.4. The van der Waals surface area contributed by atoms with E-state index in [2.05, 4.69) is 10.2 Å². The van der Waals surface area contributed by atoms with E-state index in [9.17, 15) is 4.79 Å². The zero-order valence-corrected chi connectivity index (χ0v) is 10.4. The van der Waals surface area contributed by atoms with E-state index in [0.29, 0.717) is 11.4 Å². The molecule has 1 aromatic carbocycles. The number of benzene rings is 1. The summed E-state index contributed by atoms with van der Waals surface area (Å²) in [6.07, 6.45) is 2.53. The summed E-state index contributed by atoms with van der Waals surface area (Å²) in [4.78, 5) is 13.5. The Kier molecular flexibility index (Phi) is 4.04. The van der Waals surface area contributed by atoms with Crippen molar-refractivity contribution in [3.63, 3.8) is 0 Å². The third-order valence-electron chi connectivity index (χ3n) is 3.22. The number of nitrogens with zero attached hydrogens (tertiary/aromatic N) is 1. The molecule has 1 aliphatic rings. The lowest BCUT2D eigenvalue weighted by Crippen LogP contribution is -2.26. The van der Waals surface area contributed by atoms with Crippen molar-refractivity contribution in [1.29, 1.82) is 0 Å². The highest BCUT2D eigenvalue weighted by Crippen LogP contribution is 2.18. The van der Waals surface area contributed by atoms with Crippen LogP contribution in [0.2, 0.25) is 0 Å². The summed E-state index contributed by atoms with van der Waals surface area (Å²) in [6.45, 7) is 4.00. The number of carboxylic acid groups (broad SMARTS) is 1. The van der Waals surface area contributed by atoms with Gasteiger partial charge in [0.25, 0.3) is 0 Å². The third-order valence-corrected chi connectivity index (χ3v) is 3.22. The van der Waals surface area contributed by atoms with Crippen LogP contribution in [0.4, 0.5) is 11.4 Å². The fourth-order valence-corrected chi connectivity index (χ4v) is 2.25. The molecule has 0 spiro atoms. The molecular weight excluding hydrogens is 230 g/mol. The molecule has 98 valence electrons. The summed E-state index contributed by atoms with van der Waals surface area (Å²) in [7, 11) is 0. The lowest BCUT2D eigenvalue weighted by Gasteiger charge is -2.16. The minimum Gasteiger partial charge on any atom is -0.478 e. The van der Waals surface area contributed by atoms with Crippen molar-refractivity contribution >= 4 is 17.3 Å². The van der Waals surface area contributed by atoms with Crippen LogP contribution in [0, 0.1) is 0 Å². The lowest BCUT2D eigenvalue weighted by atomic mass is 10.1. The maximum Gasteiger partial charge on any atom is 0.337 e. The number of nitrogens with two attached hydrogens (primary N) is 1. The summed E-state index contributed by atoms with van der Waals surface area (Å²) in [6, 6.07) is 4.92. The average molecular weight is 249 g/mol. The van der Waals surface area contributed by atoms with E-state index in [4.69, 9.17) is 10.8 Å². The summed E-state index contributed by atoms with van der Waals surface area (Å²) in [5.74, 6) is -0.953. The zero-order chi connectivity index (χ0) is 13.0. The van der Waals surface area contributed by atoms with Crippen LogP contribution >= 0.6 is 0 Å². The number of rotatable bonds is 5. The van der Waals surface area contributed by atoms with Crippen LogP contribution in [0.25, 0.3) is 0 Å². The smallest absolute Gasteiger partial charge is 0.337 e. The van der Waals surface area contributed by atoms with Crippen LogP contribution in [0.1, 0.15) is 23.2 Å². The second-order valence-corrected chi connectivity index (χ2v) is 4.59. The molecule has 0 aliphatic carbocycles. The molecule has 0 aromatic heterocycles. The van der Waals surface area contributed by atoms with Crippen LogP contribution in [0.5, 0.6) is 0 Å². The van der Waals surface area contributed by atoms with Gasteiger partial charge in [-0.25, -0.2) is 4.79 Å². The number of anilines is 2. The lowest BCUT2D eigenvalue weighted by molar-refractivity contribution is 0.0698. The molecule has 0 unspecified atom stereocenters. The Morgan fingerprint density at radius 2 is 2.11 bits per heavy atom. The topological polar surface area (TPSA) is 78.6 Å². The fraction of sp³-hybridized carbons (Fsp3) is 0.462. The minimum atomic E-state index is -0.953. The van der Waals surface area contributed by atoms with Gasteiger partial charge >= 0.3 is 5.97 Å². The maximum absolute atomic E-state index is 11.1. The Balaban J connectivity index is 1.93. The molecule has 1 heterocycles. The number of nitrogen functional groups attached to an aromatic ring is 1. The first-order valence-corrected chi connectivity index (χ1v) is 6.26. The van der Waals surface area contributed by atoms with Gasteiger partial charge in [0.15, 0.2) is 0 Å². The Bertz CT molecular complexity index is 428. The summed E-state index contributed by atoms with van der Waals surface area (Å²) < 4.78 is 0. The van der Waals surface area contributed by atoms with E-state index < -0.39 is 5.97 Å². The molecule has 4 N–H and O–H groups in total. The first-order chi connectivity index (χ1) is 8.66. The molecule has 0 saturated carbocycles. The summed E-state index contributed by atoms with van der Waals surface area (Å²) >= 11 is 0. The molecule has 0 atom stereocenters. The quantitative estimate of drug-likeness (QED) is 0.689. The number of likely N-dealkylation sites (tertiary alicyclic amines) is 1. The van der Waals surface area contributed by atoms with Crippen molar-refractivity contribution in [3.05, 3.63) is 23.8 Å². The van der Waals surface area contributed by atoms with Gasteiger partial charge in [-0.2, -0.15) is 0 Å².